The van der Waals surface area contributed by atoms with Crippen LogP contribution in [0.5, 0.6) is 0 Å². The van der Waals surface area contributed by atoms with Crippen LogP contribution < -0.4 is 0 Å². The zero-order chi connectivity index (χ0) is 19.6. The number of nitro benzene ring substituents is 1. The van der Waals surface area contributed by atoms with Gasteiger partial charge in [-0.15, -0.1) is 0 Å². The minimum Gasteiger partial charge on any atom is -0.336 e. The van der Waals surface area contributed by atoms with E-state index >= 15 is 0 Å². The number of aryl methyl sites for hydroxylation is 1. The van der Waals surface area contributed by atoms with E-state index in [-0.39, 0.29) is 42.7 Å². The van der Waals surface area contributed by atoms with E-state index in [0.717, 1.165) is 0 Å². The summed E-state index contributed by atoms with van der Waals surface area (Å²) in [5.41, 5.74) is 0.712. The Bertz CT molecular complexity index is 970. The monoisotopic (exact) mass is 390 g/mol. The van der Waals surface area contributed by atoms with Gasteiger partial charge in [-0.3, -0.25) is 19.9 Å². The second-order valence-electron chi connectivity index (χ2n) is 6.14. The van der Waals surface area contributed by atoms with E-state index in [0.29, 0.717) is 11.1 Å². The number of benzene rings is 1. The Labute approximate surface area is 156 Å². The number of carbonyl (C=O) groups excluding carboxylic acids is 1. The van der Waals surface area contributed by atoms with Crippen molar-refractivity contribution < 1.29 is 18.1 Å². The highest BCUT2D eigenvalue weighted by atomic mass is 32.2. The molecule has 0 bridgehead atoms. The first-order chi connectivity index (χ1) is 12.8. The van der Waals surface area contributed by atoms with E-state index in [1.54, 1.807) is 17.9 Å². The normalized spacial score (nSPS) is 15.5. The van der Waals surface area contributed by atoms with E-state index in [4.69, 9.17) is 0 Å². The predicted molar refractivity (Wildman–Crippen MR) is 96.7 cm³/mol. The molecule has 1 aliphatic heterocycles. The summed E-state index contributed by atoms with van der Waals surface area (Å²) in [4.78, 5) is 28.5. The molecule has 27 heavy (non-hydrogen) atoms. The fraction of sp³-hybridized carbons (Fsp3) is 0.294. The van der Waals surface area contributed by atoms with E-state index in [9.17, 15) is 23.3 Å². The first-order valence-electron chi connectivity index (χ1n) is 8.25. The summed E-state index contributed by atoms with van der Waals surface area (Å²) in [5, 5.41) is 10.9. The van der Waals surface area contributed by atoms with Crippen molar-refractivity contribution in [1.29, 1.82) is 0 Å². The molecule has 9 nitrogen and oxygen atoms in total. The number of rotatable bonds is 4. The maximum absolute atomic E-state index is 12.6. The van der Waals surface area contributed by atoms with Crippen molar-refractivity contribution in [2.75, 3.05) is 26.2 Å². The largest absolute Gasteiger partial charge is 0.336 e. The Kier molecular flexibility index (Phi) is 5.19. The minimum atomic E-state index is -3.64. The zero-order valence-electron chi connectivity index (χ0n) is 14.6. The Morgan fingerprint density at radius 2 is 1.89 bits per heavy atom. The molecular weight excluding hydrogens is 372 g/mol. The maximum atomic E-state index is 12.6. The standard InChI is InChI=1S/C17H18N4O5S/c1-13-11-14(4-5-16(13)21(23)24)17(22)19-7-9-20(10-8-19)27(25,26)15-3-2-6-18-12-15/h2-6,11-12H,7-10H2,1H3. The van der Waals surface area contributed by atoms with Crippen LogP contribution in [-0.4, -0.2) is 59.6 Å². The molecule has 0 unspecified atom stereocenters. The number of nitro groups is 1. The summed E-state index contributed by atoms with van der Waals surface area (Å²) in [6.07, 6.45) is 2.80. The van der Waals surface area contributed by atoms with Crippen molar-refractivity contribution >= 4 is 21.6 Å². The molecule has 10 heteroatoms. The molecule has 1 amide bonds. The van der Waals surface area contributed by atoms with Crippen LogP contribution in [-0.2, 0) is 10.0 Å². The van der Waals surface area contributed by atoms with Gasteiger partial charge in [-0.05, 0) is 31.2 Å². The van der Waals surface area contributed by atoms with Crippen molar-refractivity contribution in [2.45, 2.75) is 11.8 Å². The maximum Gasteiger partial charge on any atom is 0.272 e. The third-order valence-electron chi connectivity index (χ3n) is 4.44. The van der Waals surface area contributed by atoms with Gasteiger partial charge in [0.2, 0.25) is 10.0 Å². The van der Waals surface area contributed by atoms with Gasteiger partial charge in [0.1, 0.15) is 4.90 Å². The molecule has 0 spiro atoms. The molecule has 3 rings (SSSR count). The predicted octanol–water partition coefficient (Wildman–Crippen LogP) is 1.44. The molecule has 142 valence electrons. The second kappa shape index (κ2) is 7.41. The molecular formula is C17H18N4O5S. The molecule has 1 aliphatic rings. The van der Waals surface area contributed by atoms with Gasteiger partial charge in [-0.1, -0.05) is 0 Å². The summed E-state index contributed by atoms with van der Waals surface area (Å²) >= 11 is 0. The van der Waals surface area contributed by atoms with Gasteiger partial charge in [0, 0.05) is 55.8 Å². The van der Waals surface area contributed by atoms with Crippen LogP contribution in [0.4, 0.5) is 5.69 Å². The van der Waals surface area contributed by atoms with Crippen molar-refractivity contribution in [3.8, 4) is 0 Å². The smallest absolute Gasteiger partial charge is 0.272 e. The second-order valence-corrected chi connectivity index (χ2v) is 8.08. The van der Waals surface area contributed by atoms with Crippen LogP contribution in [0.15, 0.2) is 47.6 Å². The third-order valence-corrected chi connectivity index (χ3v) is 6.32. The number of pyridine rings is 1. The highest BCUT2D eigenvalue weighted by Gasteiger charge is 2.30. The highest BCUT2D eigenvalue weighted by molar-refractivity contribution is 7.89. The minimum absolute atomic E-state index is 0.0427. The number of sulfonamides is 1. The van der Waals surface area contributed by atoms with Crippen molar-refractivity contribution in [1.82, 2.24) is 14.2 Å². The fourth-order valence-electron chi connectivity index (χ4n) is 2.96. The van der Waals surface area contributed by atoms with Crippen molar-refractivity contribution in [3.05, 3.63) is 64.0 Å². The lowest BCUT2D eigenvalue weighted by Gasteiger charge is -2.34. The number of aromatic nitrogens is 1. The zero-order valence-corrected chi connectivity index (χ0v) is 15.4. The third kappa shape index (κ3) is 3.81. The van der Waals surface area contributed by atoms with Crippen molar-refractivity contribution in [2.24, 2.45) is 0 Å². The molecule has 2 aromatic rings. The number of hydrogen-bond acceptors (Lipinski definition) is 6. The van der Waals surface area contributed by atoms with Crippen LogP contribution in [0.2, 0.25) is 0 Å². The Morgan fingerprint density at radius 3 is 2.44 bits per heavy atom. The number of piperazine rings is 1. The average Bonchev–Trinajstić information content (AvgIpc) is 2.68. The lowest BCUT2D eigenvalue weighted by Crippen LogP contribution is -2.50. The summed E-state index contributed by atoms with van der Waals surface area (Å²) in [5.74, 6) is -0.272. The first kappa shape index (κ1) is 18.9. The number of amides is 1. The summed E-state index contributed by atoms with van der Waals surface area (Å²) in [6.45, 7) is 2.42. The number of carbonyl (C=O) groups is 1. The summed E-state index contributed by atoms with van der Waals surface area (Å²) < 4.78 is 26.5. The number of hydrogen-bond donors (Lipinski definition) is 0. The molecule has 1 aromatic carbocycles. The van der Waals surface area contributed by atoms with E-state index in [2.05, 4.69) is 4.98 Å². The lowest BCUT2D eigenvalue weighted by atomic mass is 10.1. The van der Waals surface area contributed by atoms with Gasteiger partial charge in [0.05, 0.1) is 4.92 Å². The Hall–Kier alpha value is -2.85. The van der Waals surface area contributed by atoms with Crippen molar-refractivity contribution in [3.63, 3.8) is 0 Å². The molecule has 0 saturated carbocycles. The Morgan fingerprint density at radius 1 is 1.19 bits per heavy atom. The molecule has 2 heterocycles. The molecule has 1 fully saturated rings. The van der Waals surface area contributed by atoms with Gasteiger partial charge in [-0.25, -0.2) is 8.42 Å². The quantitative estimate of drug-likeness (QED) is 0.577. The van der Waals surface area contributed by atoms with Crippen LogP contribution in [0.25, 0.3) is 0 Å². The fourth-order valence-corrected chi connectivity index (χ4v) is 4.34. The Balaban J connectivity index is 1.70. The SMILES string of the molecule is Cc1cc(C(=O)N2CCN(S(=O)(=O)c3cccnc3)CC2)ccc1[N+](=O)[O-]. The van der Waals surface area contributed by atoms with Crippen LogP contribution in [0, 0.1) is 17.0 Å². The van der Waals surface area contributed by atoms with Crippen LogP contribution in [0.1, 0.15) is 15.9 Å². The highest BCUT2D eigenvalue weighted by Crippen LogP contribution is 2.21. The number of nitrogens with zero attached hydrogens (tertiary/aromatic N) is 4. The molecule has 0 radical (unpaired) electrons. The molecule has 0 N–H and O–H groups in total. The summed E-state index contributed by atoms with van der Waals surface area (Å²) in [6, 6.07) is 7.26. The summed E-state index contributed by atoms with van der Waals surface area (Å²) in [7, 11) is -3.64. The van der Waals surface area contributed by atoms with Gasteiger partial charge in [0.15, 0.2) is 0 Å². The molecule has 0 aliphatic carbocycles. The first-order valence-corrected chi connectivity index (χ1v) is 9.69. The van der Waals surface area contributed by atoms with Crippen LogP contribution >= 0.6 is 0 Å². The van der Waals surface area contributed by atoms with Gasteiger partial charge in [-0.2, -0.15) is 4.31 Å². The van der Waals surface area contributed by atoms with E-state index in [1.165, 1.54) is 41.0 Å². The lowest BCUT2D eigenvalue weighted by molar-refractivity contribution is -0.385. The molecule has 1 aromatic heterocycles. The van der Waals surface area contributed by atoms with Gasteiger partial charge >= 0.3 is 0 Å². The molecule has 1 saturated heterocycles. The average molecular weight is 390 g/mol. The van der Waals surface area contributed by atoms with E-state index in [1.807, 2.05) is 0 Å². The van der Waals surface area contributed by atoms with E-state index < -0.39 is 14.9 Å². The van der Waals surface area contributed by atoms with Gasteiger partial charge in [0.25, 0.3) is 11.6 Å². The molecule has 0 atom stereocenters. The van der Waals surface area contributed by atoms with Crippen LogP contribution in [0.3, 0.4) is 0 Å². The topological polar surface area (TPSA) is 114 Å². The van der Waals surface area contributed by atoms with Gasteiger partial charge < -0.3 is 4.90 Å².